The van der Waals surface area contributed by atoms with Crippen molar-refractivity contribution in [3.8, 4) is 5.75 Å². The van der Waals surface area contributed by atoms with E-state index in [0.29, 0.717) is 11.4 Å². The maximum atomic E-state index is 11.7. The maximum Gasteiger partial charge on any atom is 0.247 e. The molecule has 1 saturated heterocycles. The average molecular weight is 288 g/mol. The molecule has 0 radical (unpaired) electrons. The van der Waals surface area contributed by atoms with Gasteiger partial charge in [-0.15, -0.1) is 0 Å². The predicted molar refractivity (Wildman–Crippen MR) is 77.3 cm³/mol. The molecule has 21 heavy (non-hydrogen) atoms. The lowest BCUT2D eigenvalue weighted by Crippen LogP contribution is -2.27. The summed E-state index contributed by atoms with van der Waals surface area (Å²) < 4.78 is 5.16. The Kier molecular flexibility index (Phi) is 4.55. The lowest BCUT2D eigenvalue weighted by atomic mass is 10.0. The first kappa shape index (κ1) is 14.6. The number of amides is 2. The van der Waals surface area contributed by atoms with E-state index in [0.717, 1.165) is 5.56 Å². The minimum atomic E-state index is -0.577. The fraction of sp³-hybridized carbons (Fsp3) is 0.214. The van der Waals surface area contributed by atoms with Gasteiger partial charge in [0.15, 0.2) is 0 Å². The number of rotatable bonds is 5. The zero-order valence-corrected chi connectivity index (χ0v) is 11.6. The van der Waals surface area contributed by atoms with E-state index >= 15 is 0 Å². The van der Waals surface area contributed by atoms with E-state index in [1.54, 1.807) is 13.2 Å². The van der Waals surface area contributed by atoms with Gasteiger partial charge in [-0.2, -0.15) is 5.10 Å². The summed E-state index contributed by atoms with van der Waals surface area (Å²) in [5, 5.41) is 3.86. The first-order chi connectivity index (χ1) is 10.1. The molecule has 1 aromatic carbocycles. The molecule has 1 atom stereocenters. The Labute approximate surface area is 122 Å². The number of methoxy groups -OCH3 is 1. The third-order valence-electron chi connectivity index (χ3n) is 3.00. The van der Waals surface area contributed by atoms with Crippen molar-refractivity contribution in [2.24, 2.45) is 11.0 Å². The molecule has 0 aromatic heterocycles. The highest BCUT2D eigenvalue weighted by Crippen LogP contribution is 2.16. The lowest BCUT2D eigenvalue weighted by molar-refractivity contribution is -0.127. The van der Waals surface area contributed by atoms with Crippen molar-refractivity contribution in [2.45, 2.75) is 6.42 Å². The van der Waals surface area contributed by atoms with Crippen LogP contribution in [-0.2, 0) is 9.59 Å². The Morgan fingerprint density at radius 2 is 2.24 bits per heavy atom. The van der Waals surface area contributed by atoms with Crippen molar-refractivity contribution in [2.75, 3.05) is 7.11 Å². The van der Waals surface area contributed by atoms with Crippen LogP contribution in [0.25, 0.3) is 0 Å². The van der Waals surface area contributed by atoms with E-state index in [9.17, 15) is 9.59 Å². The Morgan fingerprint density at radius 1 is 1.48 bits per heavy atom. The van der Waals surface area contributed by atoms with Crippen LogP contribution in [-0.4, -0.2) is 25.1 Å². The molecule has 1 aliphatic rings. The van der Waals surface area contributed by atoms with Crippen LogP contribution in [0.5, 0.6) is 5.75 Å². The second-order valence-corrected chi connectivity index (χ2v) is 4.43. The number of nitrogens with one attached hydrogen (secondary N) is 3. The second kappa shape index (κ2) is 6.56. The van der Waals surface area contributed by atoms with Gasteiger partial charge in [0.25, 0.3) is 0 Å². The van der Waals surface area contributed by atoms with Crippen molar-refractivity contribution >= 4 is 18.0 Å². The highest BCUT2D eigenvalue weighted by molar-refractivity contribution is 5.90. The number of hydrazone groups is 1. The fourth-order valence-corrected chi connectivity index (χ4v) is 1.87. The summed E-state index contributed by atoms with van der Waals surface area (Å²) in [7, 11) is 1.56. The molecule has 3 N–H and O–H groups in total. The largest absolute Gasteiger partial charge is 0.496 e. The second-order valence-electron chi connectivity index (χ2n) is 4.43. The molecule has 0 saturated carbocycles. The first-order valence-electron chi connectivity index (χ1n) is 6.31. The van der Waals surface area contributed by atoms with E-state index in [-0.39, 0.29) is 18.2 Å². The van der Waals surface area contributed by atoms with Crippen LogP contribution < -0.4 is 21.0 Å². The van der Waals surface area contributed by atoms with Crippen LogP contribution in [0, 0.1) is 5.92 Å². The lowest BCUT2D eigenvalue weighted by Gasteiger charge is -2.06. The molecule has 1 unspecified atom stereocenters. The van der Waals surface area contributed by atoms with Crippen molar-refractivity contribution in [3.63, 3.8) is 0 Å². The molecule has 1 heterocycles. The average Bonchev–Trinajstić information content (AvgIpc) is 2.79. The summed E-state index contributed by atoms with van der Waals surface area (Å²) in [6.45, 7) is 3.66. The molecular formula is C14H16N4O3. The van der Waals surface area contributed by atoms with Gasteiger partial charge in [-0.05, 0) is 12.1 Å². The number of para-hydroxylation sites is 1. The quantitative estimate of drug-likeness (QED) is 0.537. The monoisotopic (exact) mass is 288 g/mol. The third-order valence-corrected chi connectivity index (χ3v) is 3.00. The summed E-state index contributed by atoms with van der Waals surface area (Å²) in [4.78, 5) is 23.2. The SMILES string of the molecule is C=C1NNC(=O)C1CC(=O)NN=Cc1ccccc1OC. The van der Waals surface area contributed by atoms with Gasteiger partial charge in [-0.3, -0.25) is 15.0 Å². The van der Waals surface area contributed by atoms with Crippen LogP contribution in [0.3, 0.4) is 0 Å². The van der Waals surface area contributed by atoms with Crippen molar-refractivity contribution < 1.29 is 14.3 Å². The topological polar surface area (TPSA) is 91.8 Å². The van der Waals surface area contributed by atoms with Crippen LogP contribution >= 0.6 is 0 Å². The molecule has 2 amide bonds. The van der Waals surface area contributed by atoms with Gasteiger partial charge in [-0.1, -0.05) is 18.7 Å². The number of carbonyl (C=O) groups is 2. The number of hydrogen-bond acceptors (Lipinski definition) is 5. The summed E-state index contributed by atoms with van der Waals surface area (Å²) in [5.41, 5.74) is 8.58. The van der Waals surface area contributed by atoms with Crippen LogP contribution in [0.15, 0.2) is 41.6 Å². The van der Waals surface area contributed by atoms with E-state index in [1.165, 1.54) is 6.21 Å². The van der Waals surface area contributed by atoms with Crippen LogP contribution in [0.1, 0.15) is 12.0 Å². The Balaban J connectivity index is 1.90. The molecule has 1 aliphatic heterocycles. The Bertz CT molecular complexity index is 582. The molecule has 7 heteroatoms. The summed E-state index contributed by atoms with van der Waals surface area (Å²) >= 11 is 0. The number of nitrogens with zero attached hydrogens (tertiary/aromatic N) is 1. The Morgan fingerprint density at radius 3 is 2.90 bits per heavy atom. The molecule has 110 valence electrons. The number of ether oxygens (including phenoxy) is 1. The normalized spacial score (nSPS) is 17.5. The summed E-state index contributed by atoms with van der Waals surface area (Å²) in [6.07, 6.45) is 1.47. The zero-order chi connectivity index (χ0) is 15.2. The van der Waals surface area contributed by atoms with Crippen LogP contribution in [0.2, 0.25) is 0 Å². The minimum Gasteiger partial charge on any atom is -0.496 e. The molecule has 1 fully saturated rings. The fourth-order valence-electron chi connectivity index (χ4n) is 1.87. The van der Waals surface area contributed by atoms with Gasteiger partial charge in [0.1, 0.15) is 5.75 Å². The molecule has 2 rings (SSSR count). The first-order valence-corrected chi connectivity index (χ1v) is 6.31. The standard InChI is InChI=1S/C14H16N4O3/c1-9-11(14(20)18-16-9)7-13(19)17-15-8-10-5-3-4-6-12(10)21-2/h3-6,8,11,16H,1,7H2,2H3,(H,17,19)(H,18,20). The molecule has 0 aliphatic carbocycles. The van der Waals surface area contributed by atoms with Gasteiger partial charge < -0.3 is 10.2 Å². The molecule has 0 spiro atoms. The van der Waals surface area contributed by atoms with Crippen LogP contribution in [0.4, 0.5) is 0 Å². The number of hydrazine groups is 1. The van der Waals surface area contributed by atoms with Gasteiger partial charge in [0.2, 0.25) is 11.8 Å². The maximum absolute atomic E-state index is 11.7. The van der Waals surface area contributed by atoms with Crippen molar-refractivity contribution in [3.05, 3.63) is 42.1 Å². The third kappa shape index (κ3) is 3.59. The summed E-state index contributed by atoms with van der Waals surface area (Å²) in [5.74, 6) is -0.565. The van der Waals surface area contributed by atoms with Gasteiger partial charge in [0.05, 0.1) is 19.2 Å². The van der Waals surface area contributed by atoms with E-state index in [2.05, 4.69) is 28.0 Å². The number of hydrogen-bond donors (Lipinski definition) is 3. The predicted octanol–water partition coefficient (Wildman–Crippen LogP) is 0.300. The summed E-state index contributed by atoms with van der Waals surface area (Å²) in [6, 6.07) is 7.28. The molecule has 1 aromatic rings. The van der Waals surface area contributed by atoms with Crippen molar-refractivity contribution in [1.82, 2.24) is 16.3 Å². The number of benzene rings is 1. The van der Waals surface area contributed by atoms with E-state index in [1.807, 2.05) is 18.2 Å². The smallest absolute Gasteiger partial charge is 0.247 e. The van der Waals surface area contributed by atoms with E-state index in [4.69, 9.17) is 4.74 Å². The van der Waals surface area contributed by atoms with Gasteiger partial charge >= 0.3 is 0 Å². The van der Waals surface area contributed by atoms with Crippen molar-refractivity contribution in [1.29, 1.82) is 0 Å². The highest BCUT2D eigenvalue weighted by Gasteiger charge is 2.29. The molecule has 7 nitrogen and oxygen atoms in total. The Hall–Kier alpha value is -2.83. The van der Waals surface area contributed by atoms with Gasteiger partial charge in [0, 0.05) is 17.7 Å². The minimum absolute atomic E-state index is 0.0130. The zero-order valence-electron chi connectivity index (χ0n) is 11.6. The molecular weight excluding hydrogens is 272 g/mol. The van der Waals surface area contributed by atoms with E-state index < -0.39 is 5.92 Å². The number of carbonyl (C=O) groups excluding carboxylic acids is 2. The molecule has 0 bridgehead atoms. The highest BCUT2D eigenvalue weighted by atomic mass is 16.5. The van der Waals surface area contributed by atoms with Gasteiger partial charge in [-0.25, -0.2) is 5.43 Å².